The molecule has 0 fully saturated rings. The number of nitrogens with zero attached hydrogens (tertiary/aromatic N) is 1. The second-order valence-electron chi connectivity index (χ2n) is 5.23. The number of carbonyl (C=O) groups is 1. The SMILES string of the molecule is O=C(Cn1ccc(=O)c2ccccc21)NCc1ccc(Cl)cc1. The Hall–Kier alpha value is -2.59. The molecule has 0 aliphatic rings. The topological polar surface area (TPSA) is 51.1 Å². The number of pyridine rings is 1. The highest BCUT2D eigenvalue weighted by Crippen LogP contribution is 2.10. The number of aromatic nitrogens is 1. The first-order valence-corrected chi connectivity index (χ1v) is 7.60. The van der Waals surface area contributed by atoms with Gasteiger partial charge in [-0.05, 0) is 29.8 Å². The molecular weight excluding hydrogens is 312 g/mol. The summed E-state index contributed by atoms with van der Waals surface area (Å²) in [6, 6.07) is 16.1. The average Bonchev–Trinajstić information content (AvgIpc) is 2.57. The molecule has 1 aromatic heterocycles. The van der Waals surface area contributed by atoms with Crippen LogP contribution < -0.4 is 10.7 Å². The van der Waals surface area contributed by atoms with Gasteiger partial charge in [-0.15, -0.1) is 0 Å². The molecule has 0 aliphatic carbocycles. The molecule has 2 aromatic carbocycles. The Bertz CT molecular complexity index is 901. The van der Waals surface area contributed by atoms with Crippen molar-refractivity contribution >= 4 is 28.4 Å². The molecule has 3 rings (SSSR count). The molecule has 1 heterocycles. The summed E-state index contributed by atoms with van der Waals surface area (Å²) in [5, 5.41) is 4.14. The zero-order valence-corrected chi connectivity index (χ0v) is 13.1. The predicted octanol–water partition coefficient (Wildman–Crippen LogP) is 2.97. The van der Waals surface area contributed by atoms with Gasteiger partial charge in [-0.25, -0.2) is 0 Å². The van der Waals surface area contributed by atoms with Crippen LogP contribution in [-0.2, 0) is 17.9 Å². The molecule has 0 saturated carbocycles. The van der Waals surface area contributed by atoms with Gasteiger partial charge in [0.05, 0.1) is 5.52 Å². The van der Waals surface area contributed by atoms with Crippen molar-refractivity contribution in [3.8, 4) is 0 Å². The Morgan fingerprint density at radius 1 is 1.04 bits per heavy atom. The van der Waals surface area contributed by atoms with E-state index >= 15 is 0 Å². The van der Waals surface area contributed by atoms with Crippen LogP contribution in [0.2, 0.25) is 5.02 Å². The summed E-state index contributed by atoms with van der Waals surface area (Å²) in [7, 11) is 0. The molecule has 1 N–H and O–H groups in total. The average molecular weight is 327 g/mol. The van der Waals surface area contributed by atoms with Crippen LogP contribution in [0.3, 0.4) is 0 Å². The van der Waals surface area contributed by atoms with Gasteiger partial charge in [-0.1, -0.05) is 35.9 Å². The number of para-hydroxylation sites is 1. The van der Waals surface area contributed by atoms with Crippen molar-refractivity contribution in [2.24, 2.45) is 0 Å². The number of halogens is 1. The fourth-order valence-electron chi connectivity index (χ4n) is 2.41. The molecule has 3 aromatic rings. The lowest BCUT2D eigenvalue weighted by Gasteiger charge is -2.11. The van der Waals surface area contributed by atoms with E-state index in [2.05, 4.69) is 5.32 Å². The number of nitrogens with one attached hydrogen (secondary N) is 1. The molecule has 1 amide bonds. The van der Waals surface area contributed by atoms with E-state index in [4.69, 9.17) is 11.6 Å². The van der Waals surface area contributed by atoms with Gasteiger partial charge < -0.3 is 9.88 Å². The summed E-state index contributed by atoms with van der Waals surface area (Å²) >= 11 is 5.83. The summed E-state index contributed by atoms with van der Waals surface area (Å²) in [5.74, 6) is -0.117. The second-order valence-corrected chi connectivity index (χ2v) is 5.66. The zero-order chi connectivity index (χ0) is 16.2. The van der Waals surface area contributed by atoms with Crippen LogP contribution in [0.5, 0.6) is 0 Å². The van der Waals surface area contributed by atoms with Crippen molar-refractivity contribution in [1.29, 1.82) is 0 Å². The highest BCUT2D eigenvalue weighted by molar-refractivity contribution is 6.30. The van der Waals surface area contributed by atoms with Crippen LogP contribution in [0.1, 0.15) is 5.56 Å². The monoisotopic (exact) mass is 326 g/mol. The summed E-state index contributed by atoms with van der Waals surface area (Å²) in [4.78, 5) is 24.0. The lowest BCUT2D eigenvalue weighted by molar-refractivity contribution is -0.121. The van der Waals surface area contributed by atoms with E-state index in [1.165, 1.54) is 6.07 Å². The number of hydrogen-bond donors (Lipinski definition) is 1. The van der Waals surface area contributed by atoms with Gasteiger partial charge in [0.25, 0.3) is 0 Å². The number of amides is 1. The van der Waals surface area contributed by atoms with E-state index in [9.17, 15) is 9.59 Å². The molecule has 0 aliphatic heterocycles. The lowest BCUT2D eigenvalue weighted by atomic mass is 10.2. The maximum atomic E-state index is 12.1. The molecule has 23 heavy (non-hydrogen) atoms. The van der Waals surface area contributed by atoms with E-state index in [-0.39, 0.29) is 17.9 Å². The van der Waals surface area contributed by atoms with Crippen molar-refractivity contribution in [3.63, 3.8) is 0 Å². The molecular formula is C18H15ClN2O2. The molecule has 0 atom stereocenters. The molecule has 5 heteroatoms. The minimum absolute atomic E-state index is 0.0431. The van der Waals surface area contributed by atoms with E-state index in [0.717, 1.165) is 11.1 Å². The van der Waals surface area contributed by atoms with E-state index in [1.54, 1.807) is 29.0 Å². The second kappa shape index (κ2) is 6.67. The van der Waals surface area contributed by atoms with E-state index < -0.39 is 0 Å². The van der Waals surface area contributed by atoms with Gasteiger partial charge in [-0.3, -0.25) is 9.59 Å². The molecule has 0 unspecified atom stereocenters. The Labute approximate surface area is 138 Å². The summed E-state index contributed by atoms with van der Waals surface area (Å²) in [5.41, 5.74) is 1.69. The number of benzene rings is 2. The van der Waals surface area contributed by atoms with Gasteiger partial charge in [0.2, 0.25) is 5.91 Å². The molecule has 0 spiro atoms. The first-order valence-electron chi connectivity index (χ1n) is 7.23. The highest BCUT2D eigenvalue weighted by Gasteiger charge is 2.06. The molecule has 116 valence electrons. The molecule has 0 radical (unpaired) electrons. The fourth-order valence-corrected chi connectivity index (χ4v) is 2.54. The van der Waals surface area contributed by atoms with Crippen molar-refractivity contribution in [2.45, 2.75) is 13.1 Å². The van der Waals surface area contributed by atoms with Crippen molar-refractivity contribution in [1.82, 2.24) is 9.88 Å². The molecule has 4 nitrogen and oxygen atoms in total. The van der Waals surface area contributed by atoms with Gasteiger partial charge in [0, 0.05) is 29.2 Å². The third-order valence-electron chi connectivity index (χ3n) is 3.60. The van der Waals surface area contributed by atoms with Crippen molar-refractivity contribution < 1.29 is 4.79 Å². The van der Waals surface area contributed by atoms with Crippen LogP contribution in [0, 0.1) is 0 Å². The minimum atomic E-state index is -0.117. The highest BCUT2D eigenvalue weighted by atomic mass is 35.5. The van der Waals surface area contributed by atoms with Crippen LogP contribution >= 0.6 is 11.6 Å². The third kappa shape index (κ3) is 3.60. The Morgan fingerprint density at radius 2 is 1.78 bits per heavy atom. The van der Waals surface area contributed by atoms with Gasteiger partial charge in [-0.2, -0.15) is 0 Å². The number of carbonyl (C=O) groups excluding carboxylic acids is 1. The summed E-state index contributed by atoms with van der Waals surface area (Å²) < 4.78 is 1.77. The van der Waals surface area contributed by atoms with E-state index in [1.807, 2.05) is 30.3 Å². The quantitative estimate of drug-likeness (QED) is 0.801. The van der Waals surface area contributed by atoms with Crippen molar-refractivity contribution in [3.05, 3.63) is 81.6 Å². The maximum absolute atomic E-state index is 12.1. The minimum Gasteiger partial charge on any atom is -0.350 e. The first-order chi connectivity index (χ1) is 11.1. The largest absolute Gasteiger partial charge is 0.350 e. The number of fused-ring (bicyclic) bond motifs is 1. The van der Waals surface area contributed by atoms with Crippen LogP contribution in [0.25, 0.3) is 10.9 Å². The van der Waals surface area contributed by atoms with Gasteiger partial charge in [0.1, 0.15) is 6.54 Å². The summed E-state index contributed by atoms with van der Waals surface area (Å²) in [6.07, 6.45) is 1.65. The zero-order valence-electron chi connectivity index (χ0n) is 12.3. The smallest absolute Gasteiger partial charge is 0.240 e. The summed E-state index contributed by atoms with van der Waals surface area (Å²) in [6.45, 7) is 0.600. The van der Waals surface area contributed by atoms with Crippen molar-refractivity contribution in [2.75, 3.05) is 0 Å². The van der Waals surface area contributed by atoms with Crippen LogP contribution in [-0.4, -0.2) is 10.5 Å². The number of rotatable bonds is 4. The third-order valence-corrected chi connectivity index (χ3v) is 3.85. The fraction of sp³-hybridized carbons (Fsp3) is 0.111. The normalized spacial score (nSPS) is 10.7. The van der Waals surface area contributed by atoms with Crippen LogP contribution in [0.15, 0.2) is 65.6 Å². The van der Waals surface area contributed by atoms with Crippen LogP contribution in [0.4, 0.5) is 0 Å². The molecule has 0 saturated heterocycles. The first kappa shape index (κ1) is 15.3. The Kier molecular flexibility index (Phi) is 4.44. The number of hydrogen-bond acceptors (Lipinski definition) is 2. The Morgan fingerprint density at radius 3 is 2.57 bits per heavy atom. The molecule has 0 bridgehead atoms. The van der Waals surface area contributed by atoms with E-state index in [0.29, 0.717) is 17.0 Å². The maximum Gasteiger partial charge on any atom is 0.240 e. The standard InChI is InChI=1S/C18H15ClN2O2/c19-14-7-5-13(6-8-14)11-20-18(23)12-21-10-9-17(22)15-3-1-2-4-16(15)21/h1-10H,11-12H2,(H,20,23). The van der Waals surface area contributed by atoms with Gasteiger partial charge >= 0.3 is 0 Å². The van der Waals surface area contributed by atoms with Gasteiger partial charge in [0.15, 0.2) is 5.43 Å². The lowest BCUT2D eigenvalue weighted by Crippen LogP contribution is -2.27. The Balaban J connectivity index is 1.72. The predicted molar refractivity (Wildman–Crippen MR) is 91.5 cm³/mol.